The van der Waals surface area contributed by atoms with Crippen molar-refractivity contribution < 1.29 is 25.8 Å². The second-order valence-corrected chi connectivity index (χ2v) is 6.60. The zero-order chi connectivity index (χ0) is 20.0. The summed E-state index contributed by atoms with van der Waals surface area (Å²) in [5, 5.41) is 11.9. The summed E-state index contributed by atoms with van der Waals surface area (Å²) in [6.45, 7) is 24.9. The maximum atomic E-state index is 3.97. The van der Waals surface area contributed by atoms with Crippen LogP contribution in [0.4, 0.5) is 0 Å². The summed E-state index contributed by atoms with van der Waals surface area (Å²) in [4.78, 5) is 0. The van der Waals surface area contributed by atoms with Gasteiger partial charge < -0.3 is 16.0 Å². The van der Waals surface area contributed by atoms with Crippen molar-refractivity contribution in [2.24, 2.45) is 5.41 Å². The molecule has 3 nitrogen and oxygen atoms in total. The van der Waals surface area contributed by atoms with Crippen LogP contribution in [0.5, 0.6) is 0 Å². The van der Waals surface area contributed by atoms with Crippen LogP contribution in [-0.2, 0) is 32.3 Å². The van der Waals surface area contributed by atoms with Crippen LogP contribution in [-0.4, -0.2) is 39.3 Å². The Kier molecular flexibility index (Phi) is 35.4. The van der Waals surface area contributed by atoms with Crippen molar-refractivity contribution in [3.05, 3.63) is 45.8 Å². The van der Waals surface area contributed by atoms with Crippen molar-refractivity contribution in [2.45, 2.75) is 68.7 Å². The van der Waals surface area contributed by atoms with Crippen LogP contribution >= 0.6 is 0 Å². The van der Waals surface area contributed by atoms with E-state index in [-0.39, 0.29) is 25.8 Å². The Hall–Kier alpha value is 0.100. The molecule has 0 aliphatic heterocycles. The molecule has 0 heterocycles. The van der Waals surface area contributed by atoms with E-state index in [1.807, 2.05) is 41.5 Å². The third kappa shape index (κ3) is 39.3. The van der Waals surface area contributed by atoms with Crippen LogP contribution < -0.4 is 0 Å². The molecular formula is C22H45HfN3. The fourth-order valence-corrected chi connectivity index (χ4v) is 1.81. The molecule has 152 valence electrons. The summed E-state index contributed by atoms with van der Waals surface area (Å²) in [5.41, 5.74) is 1.88. The van der Waals surface area contributed by atoms with Gasteiger partial charge in [-0.3, -0.25) is 0 Å². The predicted molar refractivity (Wildman–Crippen MR) is 119 cm³/mol. The fourth-order valence-electron chi connectivity index (χ4n) is 1.81. The average molecular weight is 530 g/mol. The molecule has 0 saturated carbocycles. The maximum Gasteiger partial charge on any atom is 4.00 e. The van der Waals surface area contributed by atoms with Crippen molar-refractivity contribution in [1.82, 2.24) is 0 Å². The van der Waals surface area contributed by atoms with E-state index in [4.69, 9.17) is 0 Å². The van der Waals surface area contributed by atoms with Gasteiger partial charge in [-0.25, -0.2) is 12.1 Å². The summed E-state index contributed by atoms with van der Waals surface area (Å²) in [5.74, 6) is 0. The molecule has 0 atom stereocenters. The van der Waals surface area contributed by atoms with E-state index in [0.717, 1.165) is 39.3 Å². The molecule has 0 unspecified atom stereocenters. The molecule has 0 bridgehead atoms. The maximum absolute atomic E-state index is 3.97. The molecule has 0 radical (unpaired) electrons. The van der Waals surface area contributed by atoms with Gasteiger partial charge in [0.2, 0.25) is 0 Å². The predicted octanol–water partition coefficient (Wildman–Crippen LogP) is 7.19. The molecule has 0 aromatic heterocycles. The molecule has 0 aliphatic rings. The Morgan fingerprint density at radius 3 is 1.04 bits per heavy atom. The van der Waals surface area contributed by atoms with Crippen molar-refractivity contribution in [3.63, 3.8) is 0 Å². The van der Waals surface area contributed by atoms with Gasteiger partial charge in [-0.1, -0.05) is 68.7 Å². The third-order valence-electron chi connectivity index (χ3n) is 2.81. The first-order valence-electron chi connectivity index (χ1n) is 9.92. The summed E-state index contributed by atoms with van der Waals surface area (Å²) in [6.07, 6.45) is 1.18. The molecule has 0 aliphatic carbocycles. The first kappa shape index (κ1) is 33.7. The van der Waals surface area contributed by atoms with Crippen LogP contribution in [0.1, 0.15) is 67.9 Å². The Morgan fingerprint density at radius 1 is 0.615 bits per heavy atom. The molecule has 0 amide bonds. The standard InChI is InChI=1S/C10H15.3C4H10N.Hf/c1-10(2,3)8-9-6-4-5-7-9;3*1-3-5-4-2;/h4-7H,8H2,1-3H3;3*3-4H2,1-2H3;/q4*-1;+4. The van der Waals surface area contributed by atoms with Crippen LogP contribution in [0.25, 0.3) is 16.0 Å². The van der Waals surface area contributed by atoms with E-state index in [1.165, 1.54) is 12.0 Å². The third-order valence-corrected chi connectivity index (χ3v) is 2.81. The molecule has 0 spiro atoms. The van der Waals surface area contributed by atoms with E-state index in [2.05, 4.69) is 61.0 Å². The minimum absolute atomic E-state index is 0. The van der Waals surface area contributed by atoms with Crippen LogP contribution in [0.15, 0.2) is 24.3 Å². The summed E-state index contributed by atoms with van der Waals surface area (Å²) in [7, 11) is 0. The van der Waals surface area contributed by atoms with Gasteiger partial charge in [0.1, 0.15) is 0 Å². The quantitative estimate of drug-likeness (QED) is 0.265. The topological polar surface area (TPSA) is 42.3 Å². The molecule has 1 aromatic rings. The van der Waals surface area contributed by atoms with Gasteiger partial charge in [-0.15, -0.1) is 0 Å². The normalized spacial score (nSPS) is 9.42. The summed E-state index contributed by atoms with van der Waals surface area (Å²) in [6, 6.07) is 8.57. The van der Waals surface area contributed by atoms with E-state index >= 15 is 0 Å². The van der Waals surface area contributed by atoms with E-state index < -0.39 is 0 Å². The Labute approximate surface area is 184 Å². The van der Waals surface area contributed by atoms with E-state index in [9.17, 15) is 0 Å². The first-order valence-corrected chi connectivity index (χ1v) is 9.92. The summed E-state index contributed by atoms with van der Waals surface area (Å²) >= 11 is 0. The molecule has 1 rings (SSSR count). The van der Waals surface area contributed by atoms with E-state index in [0.29, 0.717) is 5.41 Å². The molecule has 4 heteroatoms. The van der Waals surface area contributed by atoms with Gasteiger partial charge in [-0.2, -0.15) is 57.0 Å². The smallest absolute Gasteiger partial charge is 0.663 e. The average Bonchev–Trinajstić information content (AvgIpc) is 3.02. The van der Waals surface area contributed by atoms with Crippen molar-refractivity contribution >= 4 is 0 Å². The van der Waals surface area contributed by atoms with Crippen LogP contribution in [0.3, 0.4) is 0 Å². The zero-order valence-electron chi connectivity index (χ0n) is 19.1. The van der Waals surface area contributed by atoms with Crippen molar-refractivity contribution in [2.75, 3.05) is 39.3 Å². The van der Waals surface area contributed by atoms with Gasteiger partial charge in [0, 0.05) is 0 Å². The van der Waals surface area contributed by atoms with Crippen LogP contribution in [0.2, 0.25) is 0 Å². The Morgan fingerprint density at radius 2 is 0.885 bits per heavy atom. The van der Waals surface area contributed by atoms with E-state index in [1.54, 1.807) is 0 Å². The first-order chi connectivity index (χ1) is 11.8. The number of rotatable bonds is 7. The minimum atomic E-state index is 0. The van der Waals surface area contributed by atoms with Gasteiger partial charge in [0.25, 0.3) is 0 Å². The number of hydrogen-bond donors (Lipinski definition) is 0. The fraction of sp³-hybridized carbons (Fsp3) is 0.773. The molecular weight excluding hydrogens is 485 g/mol. The molecule has 0 fully saturated rings. The number of hydrogen-bond acceptors (Lipinski definition) is 0. The van der Waals surface area contributed by atoms with Crippen molar-refractivity contribution in [3.8, 4) is 0 Å². The van der Waals surface area contributed by atoms with Gasteiger partial charge >= 0.3 is 25.8 Å². The van der Waals surface area contributed by atoms with Gasteiger partial charge in [0.15, 0.2) is 0 Å². The number of nitrogens with zero attached hydrogens (tertiary/aromatic N) is 3. The van der Waals surface area contributed by atoms with Crippen molar-refractivity contribution in [1.29, 1.82) is 0 Å². The second kappa shape index (κ2) is 27.3. The SMILES string of the molecule is CC(C)(C)C[c-]1cccc1.CC[N-]CC.CC[N-]CC.CC[N-]CC.[Hf+4]. The molecule has 0 saturated heterocycles. The second-order valence-electron chi connectivity index (χ2n) is 6.60. The molecule has 1 aromatic carbocycles. The van der Waals surface area contributed by atoms with Gasteiger partial charge in [0.05, 0.1) is 0 Å². The molecule has 0 N–H and O–H groups in total. The Bertz CT molecular complexity index is 285. The summed E-state index contributed by atoms with van der Waals surface area (Å²) < 4.78 is 0. The van der Waals surface area contributed by atoms with Gasteiger partial charge in [-0.05, 0) is 5.41 Å². The monoisotopic (exact) mass is 531 g/mol. The zero-order valence-corrected chi connectivity index (χ0v) is 22.7. The molecule has 26 heavy (non-hydrogen) atoms. The largest absolute Gasteiger partial charge is 4.00 e. The Balaban J connectivity index is -0.000000132. The van der Waals surface area contributed by atoms with Crippen LogP contribution in [0, 0.1) is 5.41 Å². The minimum Gasteiger partial charge on any atom is -0.663 e.